The van der Waals surface area contributed by atoms with Crippen molar-refractivity contribution in [2.45, 2.75) is 4.90 Å². The van der Waals surface area contributed by atoms with Crippen LogP contribution in [0.15, 0.2) is 32.7 Å². The fourth-order valence-corrected chi connectivity index (χ4v) is 2.16. The molecule has 0 fully saturated rings. The van der Waals surface area contributed by atoms with Crippen molar-refractivity contribution >= 4 is 59.2 Å². The minimum Gasteiger partial charge on any atom is -0.268 e. The third-order valence-corrected chi connectivity index (χ3v) is 3.53. The van der Waals surface area contributed by atoms with Gasteiger partial charge in [0.15, 0.2) is 0 Å². The number of carbonyl (C=O) groups excluding carboxylic acids is 2. The van der Waals surface area contributed by atoms with E-state index in [0.717, 1.165) is 4.90 Å². The molecular formula is C10H4Cl3NO2S. The Morgan fingerprint density at radius 1 is 1.12 bits per heavy atom. The number of halogens is 3. The highest BCUT2D eigenvalue weighted by molar-refractivity contribution is 7.80. The van der Waals surface area contributed by atoms with Gasteiger partial charge in [0.2, 0.25) is 0 Å². The quantitative estimate of drug-likeness (QED) is 0.490. The van der Waals surface area contributed by atoms with E-state index >= 15 is 0 Å². The number of carbonyl (C=O) groups is 2. The molecular weight excluding hydrogens is 305 g/mol. The topological polar surface area (TPSA) is 37.4 Å². The number of thiol groups is 1. The van der Waals surface area contributed by atoms with Crippen molar-refractivity contribution in [2.24, 2.45) is 0 Å². The molecule has 0 saturated carbocycles. The summed E-state index contributed by atoms with van der Waals surface area (Å²) >= 11 is 20.8. The van der Waals surface area contributed by atoms with Gasteiger partial charge < -0.3 is 0 Å². The average Bonchev–Trinajstić information content (AvgIpc) is 2.52. The van der Waals surface area contributed by atoms with Gasteiger partial charge in [0, 0.05) is 4.90 Å². The standard InChI is InChI=1S/C10H4Cl3NO2S/c11-7(12)8(13)14-9(15)4-2-1-3-5(17)6(4)10(14)16/h1-3,17H. The Balaban J connectivity index is 2.62. The highest BCUT2D eigenvalue weighted by Crippen LogP contribution is 2.33. The number of hydrogen-bond donors (Lipinski definition) is 1. The molecule has 1 heterocycles. The van der Waals surface area contributed by atoms with Crippen LogP contribution in [-0.4, -0.2) is 16.7 Å². The molecule has 1 aromatic rings. The van der Waals surface area contributed by atoms with Gasteiger partial charge in [-0.05, 0) is 12.1 Å². The van der Waals surface area contributed by atoms with E-state index < -0.39 is 11.8 Å². The summed E-state index contributed by atoms with van der Waals surface area (Å²) < 4.78 is -0.345. The smallest absolute Gasteiger partial charge is 0.268 e. The van der Waals surface area contributed by atoms with Gasteiger partial charge in [-0.25, -0.2) is 4.90 Å². The first kappa shape index (κ1) is 12.8. The fourth-order valence-electron chi connectivity index (χ4n) is 1.53. The first-order valence-corrected chi connectivity index (χ1v) is 5.94. The lowest BCUT2D eigenvalue weighted by molar-refractivity contribution is 0.0714. The zero-order chi connectivity index (χ0) is 12.7. The zero-order valence-electron chi connectivity index (χ0n) is 8.08. The van der Waals surface area contributed by atoms with Crippen LogP contribution in [0.3, 0.4) is 0 Å². The Labute approximate surface area is 117 Å². The highest BCUT2D eigenvalue weighted by Gasteiger charge is 2.39. The molecule has 2 amide bonds. The fraction of sp³-hybridized carbons (Fsp3) is 0. The lowest BCUT2D eigenvalue weighted by atomic mass is 10.1. The minimum atomic E-state index is -0.584. The summed E-state index contributed by atoms with van der Waals surface area (Å²) in [6.07, 6.45) is 0. The van der Waals surface area contributed by atoms with Gasteiger partial charge in [0.25, 0.3) is 11.8 Å². The van der Waals surface area contributed by atoms with Gasteiger partial charge in [0.05, 0.1) is 11.1 Å². The summed E-state index contributed by atoms with van der Waals surface area (Å²) in [5.74, 6) is -1.15. The van der Waals surface area contributed by atoms with E-state index in [9.17, 15) is 9.59 Å². The van der Waals surface area contributed by atoms with Gasteiger partial charge in [-0.15, -0.1) is 12.6 Å². The molecule has 1 aromatic carbocycles. The van der Waals surface area contributed by atoms with Crippen LogP contribution in [0.2, 0.25) is 0 Å². The van der Waals surface area contributed by atoms with E-state index in [1.165, 1.54) is 6.07 Å². The van der Waals surface area contributed by atoms with Crippen LogP contribution in [0, 0.1) is 0 Å². The van der Waals surface area contributed by atoms with Crippen molar-refractivity contribution in [1.82, 2.24) is 4.90 Å². The maximum atomic E-state index is 12.0. The van der Waals surface area contributed by atoms with Crippen LogP contribution in [-0.2, 0) is 0 Å². The molecule has 0 spiro atoms. The molecule has 1 aliphatic rings. The van der Waals surface area contributed by atoms with Gasteiger partial charge in [-0.3, -0.25) is 9.59 Å². The molecule has 0 aliphatic carbocycles. The van der Waals surface area contributed by atoms with Gasteiger partial charge in [0.1, 0.15) is 9.65 Å². The summed E-state index contributed by atoms with van der Waals surface area (Å²) in [4.78, 5) is 25.1. The molecule has 0 unspecified atom stereocenters. The Hall–Kier alpha value is -0.680. The monoisotopic (exact) mass is 307 g/mol. The molecule has 0 atom stereocenters. The Bertz CT molecular complexity index is 567. The number of rotatable bonds is 1. The van der Waals surface area contributed by atoms with E-state index in [1.54, 1.807) is 12.1 Å². The SMILES string of the molecule is O=C1c2cccc(S)c2C(=O)N1C(Cl)=C(Cl)Cl. The minimum absolute atomic E-state index is 0.202. The van der Waals surface area contributed by atoms with Crippen LogP contribution >= 0.6 is 47.4 Å². The first-order chi connectivity index (χ1) is 7.95. The summed E-state index contributed by atoms with van der Waals surface area (Å²) in [6, 6.07) is 4.74. The predicted molar refractivity (Wildman–Crippen MR) is 68.8 cm³/mol. The van der Waals surface area contributed by atoms with E-state index in [4.69, 9.17) is 34.8 Å². The number of hydrogen-bond acceptors (Lipinski definition) is 3. The van der Waals surface area contributed by atoms with Crippen molar-refractivity contribution in [1.29, 1.82) is 0 Å². The van der Waals surface area contributed by atoms with Crippen LogP contribution in [0.1, 0.15) is 20.7 Å². The molecule has 0 aromatic heterocycles. The van der Waals surface area contributed by atoms with Crippen molar-refractivity contribution in [2.75, 3.05) is 0 Å². The molecule has 2 rings (SSSR count). The normalized spacial score (nSPS) is 14.0. The molecule has 88 valence electrons. The third kappa shape index (κ3) is 1.95. The van der Waals surface area contributed by atoms with E-state index in [1.807, 2.05) is 0 Å². The van der Waals surface area contributed by atoms with Crippen molar-refractivity contribution in [3.8, 4) is 0 Å². The van der Waals surface area contributed by atoms with Crippen LogP contribution in [0.25, 0.3) is 0 Å². The van der Waals surface area contributed by atoms with Gasteiger partial charge >= 0.3 is 0 Å². The molecule has 3 nitrogen and oxygen atoms in total. The van der Waals surface area contributed by atoms with Crippen LogP contribution in [0.4, 0.5) is 0 Å². The summed E-state index contributed by atoms with van der Waals surface area (Å²) in [7, 11) is 0. The number of nitrogens with zero attached hydrogens (tertiary/aromatic N) is 1. The Morgan fingerprint density at radius 3 is 2.29 bits per heavy atom. The second-order valence-electron chi connectivity index (χ2n) is 3.20. The molecule has 0 N–H and O–H groups in total. The van der Waals surface area contributed by atoms with E-state index in [2.05, 4.69) is 12.6 Å². The van der Waals surface area contributed by atoms with E-state index in [-0.39, 0.29) is 20.8 Å². The maximum Gasteiger partial charge on any atom is 0.268 e. The average molecular weight is 309 g/mol. The van der Waals surface area contributed by atoms with E-state index in [0.29, 0.717) is 4.90 Å². The summed E-state index contributed by atoms with van der Waals surface area (Å²) in [6.45, 7) is 0. The number of benzene rings is 1. The van der Waals surface area contributed by atoms with Gasteiger partial charge in [-0.1, -0.05) is 40.9 Å². The second-order valence-corrected chi connectivity index (χ2v) is 4.99. The van der Waals surface area contributed by atoms with Crippen molar-refractivity contribution < 1.29 is 9.59 Å². The Morgan fingerprint density at radius 2 is 1.76 bits per heavy atom. The van der Waals surface area contributed by atoms with Crippen molar-refractivity contribution in [3.63, 3.8) is 0 Å². The van der Waals surface area contributed by atoms with Crippen LogP contribution in [0.5, 0.6) is 0 Å². The third-order valence-electron chi connectivity index (χ3n) is 2.25. The molecule has 17 heavy (non-hydrogen) atoms. The lowest BCUT2D eigenvalue weighted by Gasteiger charge is -2.11. The predicted octanol–water partition coefficient (Wildman–Crippen LogP) is 3.41. The largest absolute Gasteiger partial charge is 0.268 e. The van der Waals surface area contributed by atoms with Crippen molar-refractivity contribution in [3.05, 3.63) is 39.0 Å². The second kappa shape index (κ2) is 4.53. The molecule has 0 saturated heterocycles. The maximum absolute atomic E-state index is 12.0. The number of imide groups is 1. The summed E-state index contributed by atoms with van der Waals surface area (Å²) in [5, 5.41) is -0.313. The summed E-state index contributed by atoms with van der Waals surface area (Å²) in [5.41, 5.74) is 0.434. The zero-order valence-corrected chi connectivity index (χ0v) is 11.2. The molecule has 1 aliphatic heterocycles. The van der Waals surface area contributed by atoms with Gasteiger partial charge in [-0.2, -0.15) is 0 Å². The Kier molecular flexibility index (Phi) is 3.41. The first-order valence-electron chi connectivity index (χ1n) is 4.36. The highest BCUT2D eigenvalue weighted by atomic mass is 35.5. The molecule has 0 radical (unpaired) electrons. The number of amides is 2. The number of fused-ring (bicyclic) bond motifs is 1. The molecule has 7 heteroatoms. The van der Waals surface area contributed by atoms with Crippen LogP contribution < -0.4 is 0 Å². The lowest BCUT2D eigenvalue weighted by Crippen LogP contribution is -2.27. The molecule has 0 bridgehead atoms.